The standard InChI is InChI=1S/C31H23BrN6O2S/c32-23-17-15-22(16-18-23)28(39)21-41-31-35-34-30(38(31)26-11-5-2-6-12-26)27-13-7-8-14-29(27)40-20-24-19-37(36-33-24)25-9-3-1-4-10-25/h1-19H,20-21H2. The summed E-state index contributed by atoms with van der Waals surface area (Å²) in [4.78, 5) is 12.9. The van der Waals surface area contributed by atoms with Crippen molar-refractivity contribution < 1.29 is 9.53 Å². The minimum atomic E-state index is 0.0129. The summed E-state index contributed by atoms with van der Waals surface area (Å²) in [5.41, 5.74) is 3.91. The molecular weight excluding hydrogens is 600 g/mol. The fourth-order valence-corrected chi connectivity index (χ4v) is 5.31. The highest BCUT2D eigenvalue weighted by Gasteiger charge is 2.20. The number of carbonyl (C=O) groups is 1. The van der Waals surface area contributed by atoms with Crippen LogP contribution >= 0.6 is 27.7 Å². The molecule has 0 atom stereocenters. The van der Waals surface area contributed by atoms with Crippen LogP contribution in [0.25, 0.3) is 22.8 Å². The Labute approximate surface area is 249 Å². The summed E-state index contributed by atoms with van der Waals surface area (Å²) in [6, 6.07) is 34.7. The molecule has 2 heterocycles. The number of carbonyl (C=O) groups excluding carboxylic acids is 1. The Morgan fingerprint density at radius 1 is 0.780 bits per heavy atom. The first kappa shape index (κ1) is 26.7. The van der Waals surface area contributed by atoms with E-state index in [2.05, 4.69) is 36.4 Å². The largest absolute Gasteiger partial charge is 0.486 e. The molecule has 41 heavy (non-hydrogen) atoms. The van der Waals surface area contributed by atoms with Crippen LogP contribution in [0.5, 0.6) is 5.75 Å². The van der Waals surface area contributed by atoms with Crippen molar-refractivity contribution in [3.05, 3.63) is 131 Å². The monoisotopic (exact) mass is 622 g/mol. The lowest BCUT2D eigenvalue weighted by atomic mass is 10.2. The number of halogens is 1. The lowest BCUT2D eigenvalue weighted by molar-refractivity contribution is 0.102. The van der Waals surface area contributed by atoms with E-state index in [-0.39, 0.29) is 18.1 Å². The number of para-hydroxylation sites is 3. The first-order chi connectivity index (χ1) is 20.2. The van der Waals surface area contributed by atoms with Crippen molar-refractivity contribution >= 4 is 33.5 Å². The summed E-state index contributed by atoms with van der Waals surface area (Å²) in [7, 11) is 0. The van der Waals surface area contributed by atoms with E-state index in [1.807, 2.05) is 120 Å². The van der Waals surface area contributed by atoms with Crippen molar-refractivity contribution in [2.75, 3.05) is 5.75 Å². The highest BCUT2D eigenvalue weighted by Crippen LogP contribution is 2.34. The van der Waals surface area contributed by atoms with Crippen LogP contribution < -0.4 is 4.74 Å². The van der Waals surface area contributed by atoms with Gasteiger partial charge in [0.05, 0.1) is 23.2 Å². The van der Waals surface area contributed by atoms with Gasteiger partial charge in [0, 0.05) is 15.7 Å². The number of ketones is 1. The van der Waals surface area contributed by atoms with Gasteiger partial charge in [-0.15, -0.1) is 15.3 Å². The van der Waals surface area contributed by atoms with E-state index in [4.69, 9.17) is 4.74 Å². The number of thioether (sulfide) groups is 1. The van der Waals surface area contributed by atoms with Gasteiger partial charge in [-0.2, -0.15) is 0 Å². The fraction of sp³-hybridized carbons (Fsp3) is 0.0645. The predicted octanol–water partition coefficient (Wildman–Crippen LogP) is 6.83. The van der Waals surface area contributed by atoms with Gasteiger partial charge in [0.2, 0.25) is 0 Å². The second-order valence-corrected chi connectivity index (χ2v) is 10.8. The summed E-state index contributed by atoms with van der Waals surface area (Å²) in [5, 5.41) is 18.1. The molecule has 202 valence electrons. The average molecular weight is 624 g/mol. The number of ether oxygens (including phenoxy) is 1. The molecule has 0 aliphatic carbocycles. The molecule has 0 fully saturated rings. The number of rotatable bonds is 10. The van der Waals surface area contributed by atoms with Gasteiger partial charge in [0.25, 0.3) is 0 Å². The van der Waals surface area contributed by atoms with Crippen LogP contribution in [0.3, 0.4) is 0 Å². The molecule has 0 aliphatic rings. The van der Waals surface area contributed by atoms with Crippen molar-refractivity contribution in [3.63, 3.8) is 0 Å². The number of benzene rings is 4. The molecular formula is C31H23BrN6O2S. The first-order valence-electron chi connectivity index (χ1n) is 12.8. The van der Waals surface area contributed by atoms with Crippen LogP contribution in [0.15, 0.2) is 125 Å². The van der Waals surface area contributed by atoms with Crippen LogP contribution in [0.2, 0.25) is 0 Å². The SMILES string of the molecule is O=C(CSc1nnc(-c2ccccc2OCc2cn(-c3ccccc3)nn2)n1-c1ccccc1)c1ccc(Br)cc1. The number of Topliss-reactive ketones (excluding diaryl/α,β-unsaturated/α-hetero) is 1. The highest BCUT2D eigenvalue weighted by molar-refractivity contribution is 9.10. The van der Waals surface area contributed by atoms with Crippen molar-refractivity contribution in [1.82, 2.24) is 29.8 Å². The second-order valence-electron chi connectivity index (χ2n) is 8.97. The molecule has 0 spiro atoms. The van der Waals surface area contributed by atoms with Gasteiger partial charge in [-0.3, -0.25) is 9.36 Å². The number of nitrogens with zero attached hydrogens (tertiary/aromatic N) is 6. The van der Waals surface area contributed by atoms with Crippen LogP contribution in [0.4, 0.5) is 0 Å². The van der Waals surface area contributed by atoms with Crippen molar-refractivity contribution in [2.24, 2.45) is 0 Å². The Morgan fingerprint density at radius 3 is 2.22 bits per heavy atom. The lowest BCUT2D eigenvalue weighted by Crippen LogP contribution is -2.05. The minimum Gasteiger partial charge on any atom is -0.486 e. The minimum absolute atomic E-state index is 0.0129. The Morgan fingerprint density at radius 2 is 1.46 bits per heavy atom. The van der Waals surface area contributed by atoms with Gasteiger partial charge in [-0.05, 0) is 48.5 Å². The van der Waals surface area contributed by atoms with Crippen molar-refractivity contribution in [1.29, 1.82) is 0 Å². The second kappa shape index (κ2) is 12.3. The van der Waals surface area contributed by atoms with Gasteiger partial charge in [0.15, 0.2) is 16.8 Å². The summed E-state index contributed by atoms with van der Waals surface area (Å²) < 4.78 is 10.8. The maximum atomic E-state index is 12.9. The third-order valence-electron chi connectivity index (χ3n) is 6.21. The highest BCUT2D eigenvalue weighted by atomic mass is 79.9. The Balaban J connectivity index is 1.27. The molecule has 0 N–H and O–H groups in total. The summed E-state index contributed by atoms with van der Waals surface area (Å²) >= 11 is 4.76. The Hall–Kier alpha value is -4.54. The van der Waals surface area contributed by atoms with E-state index in [0.717, 1.165) is 21.4 Å². The molecule has 0 radical (unpaired) electrons. The summed E-state index contributed by atoms with van der Waals surface area (Å²) in [5.74, 6) is 1.48. The van der Waals surface area contributed by atoms with Gasteiger partial charge in [-0.1, -0.05) is 93.6 Å². The van der Waals surface area contributed by atoms with Gasteiger partial charge < -0.3 is 4.74 Å². The van der Waals surface area contributed by atoms with E-state index in [9.17, 15) is 4.79 Å². The molecule has 10 heteroatoms. The van der Waals surface area contributed by atoms with Gasteiger partial charge >= 0.3 is 0 Å². The molecule has 0 bridgehead atoms. The van der Waals surface area contributed by atoms with E-state index in [0.29, 0.717) is 28.0 Å². The Kier molecular flexibility index (Phi) is 8.01. The molecule has 6 aromatic rings. The Bertz CT molecular complexity index is 1770. The fourth-order valence-electron chi connectivity index (χ4n) is 4.20. The zero-order chi connectivity index (χ0) is 28.0. The normalized spacial score (nSPS) is 11.0. The zero-order valence-corrected chi connectivity index (χ0v) is 24.1. The maximum absolute atomic E-state index is 12.9. The molecule has 4 aromatic carbocycles. The van der Waals surface area contributed by atoms with Crippen LogP contribution in [-0.2, 0) is 6.61 Å². The zero-order valence-electron chi connectivity index (χ0n) is 21.7. The summed E-state index contributed by atoms with van der Waals surface area (Å²) in [6.07, 6.45) is 1.85. The van der Waals surface area contributed by atoms with Gasteiger partial charge in [-0.25, -0.2) is 4.68 Å². The van der Waals surface area contributed by atoms with E-state index >= 15 is 0 Å². The van der Waals surface area contributed by atoms with E-state index < -0.39 is 0 Å². The van der Waals surface area contributed by atoms with Crippen LogP contribution in [0.1, 0.15) is 16.1 Å². The predicted molar refractivity (Wildman–Crippen MR) is 162 cm³/mol. The molecule has 0 saturated heterocycles. The maximum Gasteiger partial charge on any atom is 0.196 e. The quantitative estimate of drug-likeness (QED) is 0.122. The molecule has 0 aliphatic heterocycles. The molecule has 6 rings (SSSR count). The molecule has 2 aromatic heterocycles. The van der Waals surface area contributed by atoms with E-state index in [1.165, 1.54) is 11.8 Å². The smallest absolute Gasteiger partial charge is 0.196 e. The summed E-state index contributed by atoms with van der Waals surface area (Å²) in [6.45, 7) is 0.229. The molecule has 0 unspecified atom stereocenters. The first-order valence-corrected chi connectivity index (χ1v) is 14.5. The number of aromatic nitrogens is 6. The molecule has 0 amide bonds. The number of hydrogen-bond donors (Lipinski definition) is 0. The van der Waals surface area contributed by atoms with Crippen LogP contribution in [0, 0.1) is 0 Å². The average Bonchev–Trinajstić information content (AvgIpc) is 3.68. The van der Waals surface area contributed by atoms with Crippen LogP contribution in [-0.4, -0.2) is 41.3 Å². The van der Waals surface area contributed by atoms with Gasteiger partial charge in [0.1, 0.15) is 18.1 Å². The van der Waals surface area contributed by atoms with E-state index in [1.54, 1.807) is 4.68 Å². The molecule has 0 saturated carbocycles. The third-order valence-corrected chi connectivity index (χ3v) is 7.67. The number of hydrogen-bond acceptors (Lipinski definition) is 7. The molecule has 8 nitrogen and oxygen atoms in total. The van der Waals surface area contributed by atoms with Crippen molar-refractivity contribution in [3.8, 4) is 28.5 Å². The topological polar surface area (TPSA) is 87.7 Å². The third kappa shape index (κ3) is 6.13. The lowest BCUT2D eigenvalue weighted by Gasteiger charge is -2.13. The van der Waals surface area contributed by atoms with Crippen molar-refractivity contribution in [2.45, 2.75) is 11.8 Å².